The molecule has 1 aromatic carbocycles. The summed E-state index contributed by atoms with van der Waals surface area (Å²) in [4.78, 5) is 12.8. The van der Waals surface area contributed by atoms with Crippen molar-refractivity contribution in [1.29, 1.82) is 0 Å². The molecular formula is C16H14N4O3S. The average Bonchev–Trinajstić information content (AvgIpc) is 3.02. The van der Waals surface area contributed by atoms with Crippen molar-refractivity contribution in [2.45, 2.75) is 6.92 Å². The summed E-state index contributed by atoms with van der Waals surface area (Å²) in [7, 11) is 0. The lowest BCUT2D eigenvalue weighted by molar-refractivity contribution is 0.166. The first-order chi connectivity index (χ1) is 11.6. The fourth-order valence-electron chi connectivity index (χ4n) is 2.57. The Kier molecular flexibility index (Phi) is 3.46. The van der Waals surface area contributed by atoms with E-state index < -0.39 is 0 Å². The summed E-state index contributed by atoms with van der Waals surface area (Å²) in [5, 5.41) is 13.5. The molecule has 3 heterocycles. The molecule has 24 heavy (non-hydrogen) atoms. The fourth-order valence-corrected chi connectivity index (χ4v) is 3.18. The number of anilines is 1. The van der Waals surface area contributed by atoms with Crippen molar-refractivity contribution in [1.82, 2.24) is 15.0 Å². The number of ether oxygens (including phenoxy) is 2. The monoisotopic (exact) mass is 342 g/mol. The van der Waals surface area contributed by atoms with Gasteiger partial charge in [0.25, 0.3) is 0 Å². The first-order valence-electron chi connectivity index (χ1n) is 7.30. The SMILES string of the molecule is Cc1nc(-c2cnc(N)nc2-c2ccc3c(c2O)OCCO3)cs1. The summed E-state index contributed by atoms with van der Waals surface area (Å²) in [6.07, 6.45) is 1.61. The number of benzene rings is 1. The van der Waals surface area contributed by atoms with E-state index in [1.807, 2.05) is 12.3 Å². The minimum Gasteiger partial charge on any atom is -0.504 e. The van der Waals surface area contributed by atoms with Gasteiger partial charge in [-0.3, -0.25) is 0 Å². The zero-order valence-electron chi connectivity index (χ0n) is 12.8. The van der Waals surface area contributed by atoms with Gasteiger partial charge in [0, 0.05) is 22.7 Å². The van der Waals surface area contributed by atoms with Crippen molar-refractivity contribution in [2.24, 2.45) is 0 Å². The summed E-state index contributed by atoms with van der Waals surface area (Å²) in [5.74, 6) is 0.917. The predicted molar refractivity (Wildman–Crippen MR) is 90.4 cm³/mol. The van der Waals surface area contributed by atoms with Crippen LogP contribution in [0.2, 0.25) is 0 Å². The molecule has 1 aliphatic heterocycles. The zero-order chi connectivity index (χ0) is 16.7. The first-order valence-corrected chi connectivity index (χ1v) is 8.18. The number of aromatic nitrogens is 3. The highest BCUT2D eigenvalue weighted by Crippen LogP contribution is 2.46. The van der Waals surface area contributed by atoms with Crippen LogP contribution in [-0.2, 0) is 0 Å². The lowest BCUT2D eigenvalue weighted by Gasteiger charge is -2.20. The van der Waals surface area contributed by atoms with Crippen LogP contribution in [-0.4, -0.2) is 33.3 Å². The van der Waals surface area contributed by atoms with Gasteiger partial charge in [0.05, 0.1) is 16.4 Å². The van der Waals surface area contributed by atoms with Gasteiger partial charge in [-0.2, -0.15) is 0 Å². The minimum absolute atomic E-state index is 0.0292. The molecule has 7 nitrogen and oxygen atoms in total. The Morgan fingerprint density at radius 2 is 2.00 bits per heavy atom. The van der Waals surface area contributed by atoms with E-state index in [4.69, 9.17) is 15.2 Å². The number of nitrogen functional groups attached to an aromatic ring is 1. The number of aromatic hydroxyl groups is 1. The second-order valence-corrected chi connectivity index (χ2v) is 6.29. The van der Waals surface area contributed by atoms with E-state index in [1.165, 1.54) is 11.3 Å². The predicted octanol–water partition coefficient (Wildman–Crippen LogP) is 2.63. The molecule has 0 amide bonds. The summed E-state index contributed by atoms with van der Waals surface area (Å²) >= 11 is 1.53. The summed E-state index contributed by atoms with van der Waals surface area (Å²) in [6.45, 7) is 2.76. The molecule has 1 aliphatic rings. The smallest absolute Gasteiger partial charge is 0.220 e. The van der Waals surface area contributed by atoms with Gasteiger partial charge >= 0.3 is 0 Å². The Labute approximate surface area is 141 Å². The fraction of sp³-hybridized carbons (Fsp3) is 0.188. The number of nitrogens with zero attached hydrogens (tertiary/aromatic N) is 3. The van der Waals surface area contributed by atoms with Gasteiger partial charge in [0.1, 0.15) is 13.2 Å². The Morgan fingerprint density at radius 1 is 1.17 bits per heavy atom. The molecule has 0 aliphatic carbocycles. The molecule has 0 fully saturated rings. The van der Waals surface area contributed by atoms with E-state index in [1.54, 1.807) is 18.3 Å². The van der Waals surface area contributed by atoms with E-state index in [-0.39, 0.29) is 11.7 Å². The van der Waals surface area contributed by atoms with Crippen LogP contribution in [0.25, 0.3) is 22.5 Å². The summed E-state index contributed by atoms with van der Waals surface area (Å²) < 4.78 is 11.0. The van der Waals surface area contributed by atoms with Crippen molar-refractivity contribution in [3.63, 3.8) is 0 Å². The Morgan fingerprint density at radius 3 is 2.79 bits per heavy atom. The van der Waals surface area contributed by atoms with Crippen molar-refractivity contribution in [3.8, 4) is 39.8 Å². The topological polar surface area (TPSA) is 103 Å². The highest BCUT2D eigenvalue weighted by molar-refractivity contribution is 7.09. The van der Waals surface area contributed by atoms with E-state index >= 15 is 0 Å². The quantitative estimate of drug-likeness (QED) is 0.738. The Bertz CT molecular complexity index is 926. The lowest BCUT2D eigenvalue weighted by Crippen LogP contribution is -2.15. The van der Waals surface area contributed by atoms with Crippen molar-refractivity contribution in [2.75, 3.05) is 18.9 Å². The molecular weight excluding hydrogens is 328 g/mol. The van der Waals surface area contributed by atoms with Crippen molar-refractivity contribution in [3.05, 3.63) is 28.7 Å². The van der Waals surface area contributed by atoms with Crippen molar-refractivity contribution < 1.29 is 14.6 Å². The van der Waals surface area contributed by atoms with Gasteiger partial charge in [-0.1, -0.05) is 0 Å². The Balaban J connectivity index is 1.92. The van der Waals surface area contributed by atoms with Gasteiger partial charge in [-0.25, -0.2) is 15.0 Å². The molecule has 4 rings (SSSR count). The van der Waals surface area contributed by atoms with Gasteiger partial charge in [0.2, 0.25) is 11.7 Å². The minimum atomic E-state index is -0.0292. The van der Waals surface area contributed by atoms with Crippen LogP contribution < -0.4 is 15.2 Å². The van der Waals surface area contributed by atoms with Gasteiger partial charge < -0.3 is 20.3 Å². The molecule has 122 valence electrons. The van der Waals surface area contributed by atoms with E-state index in [2.05, 4.69) is 15.0 Å². The number of nitrogens with two attached hydrogens (primary N) is 1. The molecule has 0 radical (unpaired) electrons. The third-order valence-electron chi connectivity index (χ3n) is 3.64. The van der Waals surface area contributed by atoms with E-state index in [9.17, 15) is 5.11 Å². The maximum atomic E-state index is 10.6. The first kappa shape index (κ1) is 14.7. The number of fused-ring (bicyclic) bond motifs is 1. The van der Waals surface area contributed by atoms with Crippen molar-refractivity contribution >= 4 is 17.3 Å². The second-order valence-electron chi connectivity index (χ2n) is 5.23. The molecule has 8 heteroatoms. The van der Waals surface area contributed by atoms with Crippen LogP contribution in [0.15, 0.2) is 23.7 Å². The average molecular weight is 342 g/mol. The van der Waals surface area contributed by atoms with Crippen LogP contribution in [0, 0.1) is 6.92 Å². The molecule has 3 aromatic rings. The highest BCUT2D eigenvalue weighted by Gasteiger charge is 2.23. The third kappa shape index (κ3) is 2.41. The second kappa shape index (κ2) is 5.64. The van der Waals surface area contributed by atoms with Crippen LogP contribution in [0.5, 0.6) is 17.2 Å². The third-order valence-corrected chi connectivity index (χ3v) is 4.41. The lowest BCUT2D eigenvalue weighted by atomic mass is 10.0. The van der Waals surface area contributed by atoms with E-state index in [0.29, 0.717) is 41.5 Å². The largest absolute Gasteiger partial charge is 0.504 e. The standard InChI is InChI=1S/C16H14N4O3S/c1-8-19-11(7-24-8)10-6-18-16(17)20-13(10)9-2-3-12-15(14(9)21)23-5-4-22-12/h2-3,6-7,21H,4-5H2,1H3,(H2,17,18,20). The molecule has 0 atom stereocenters. The maximum Gasteiger partial charge on any atom is 0.220 e. The number of phenols is 1. The van der Waals surface area contributed by atoms with Gasteiger partial charge in [-0.05, 0) is 19.1 Å². The molecule has 0 saturated heterocycles. The van der Waals surface area contributed by atoms with Crippen LogP contribution in [0.1, 0.15) is 5.01 Å². The van der Waals surface area contributed by atoms with Crippen LogP contribution in [0.4, 0.5) is 5.95 Å². The summed E-state index contributed by atoms with van der Waals surface area (Å²) in [6, 6.07) is 3.48. The van der Waals surface area contributed by atoms with Gasteiger partial charge in [-0.15, -0.1) is 11.3 Å². The normalized spacial score (nSPS) is 13.0. The number of aryl methyl sites for hydroxylation is 1. The van der Waals surface area contributed by atoms with Crippen LogP contribution >= 0.6 is 11.3 Å². The zero-order valence-corrected chi connectivity index (χ0v) is 13.6. The number of rotatable bonds is 2. The maximum absolute atomic E-state index is 10.6. The number of phenolic OH excluding ortho intramolecular Hbond substituents is 1. The number of thiazole rings is 1. The number of hydrogen-bond donors (Lipinski definition) is 2. The number of hydrogen-bond acceptors (Lipinski definition) is 8. The molecule has 0 spiro atoms. The highest BCUT2D eigenvalue weighted by atomic mass is 32.1. The van der Waals surface area contributed by atoms with E-state index in [0.717, 1.165) is 10.7 Å². The summed E-state index contributed by atoms with van der Waals surface area (Å²) in [5.41, 5.74) is 8.19. The molecule has 0 saturated carbocycles. The molecule has 3 N–H and O–H groups in total. The Hall–Kier alpha value is -2.87. The van der Waals surface area contributed by atoms with Crippen LogP contribution in [0.3, 0.4) is 0 Å². The van der Waals surface area contributed by atoms with Gasteiger partial charge in [0.15, 0.2) is 11.5 Å². The molecule has 2 aromatic heterocycles. The molecule has 0 bridgehead atoms. The molecule has 0 unspecified atom stereocenters.